The zero-order valence-electron chi connectivity index (χ0n) is 7.51. The van der Waals surface area contributed by atoms with Gasteiger partial charge in [-0.15, -0.1) is 0 Å². The van der Waals surface area contributed by atoms with Crippen LogP contribution in [0.4, 0.5) is 11.5 Å². The van der Waals surface area contributed by atoms with Crippen LogP contribution in [0.25, 0.3) is 11.3 Å². The van der Waals surface area contributed by atoms with E-state index in [1.54, 1.807) is 24.5 Å². The third-order valence-corrected chi connectivity index (χ3v) is 1.84. The molecule has 0 aliphatic heterocycles. The Hall–Kier alpha value is -2.10. The molecule has 14 heavy (non-hydrogen) atoms. The molecule has 70 valence electrons. The highest BCUT2D eigenvalue weighted by molar-refractivity contribution is 5.65. The van der Waals surface area contributed by atoms with Crippen LogP contribution in [0, 0.1) is 0 Å². The van der Waals surface area contributed by atoms with Crippen LogP contribution < -0.4 is 11.5 Å². The van der Waals surface area contributed by atoms with Crippen molar-refractivity contribution in [1.29, 1.82) is 0 Å². The largest absolute Gasteiger partial charge is 0.399 e. The summed E-state index contributed by atoms with van der Waals surface area (Å²) < 4.78 is 0. The third-order valence-electron chi connectivity index (χ3n) is 1.84. The summed E-state index contributed by atoms with van der Waals surface area (Å²) in [4.78, 5) is 8.10. The number of nitrogen functional groups attached to an aromatic ring is 2. The molecule has 0 spiro atoms. The van der Waals surface area contributed by atoms with Crippen LogP contribution in [-0.4, -0.2) is 9.97 Å². The molecule has 0 atom stereocenters. The van der Waals surface area contributed by atoms with Gasteiger partial charge in [-0.25, -0.2) is 4.98 Å². The summed E-state index contributed by atoms with van der Waals surface area (Å²) in [7, 11) is 0. The van der Waals surface area contributed by atoms with Gasteiger partial charge >= 0.3 is 0 Å². The smallest absolute Gasteiger partial charge is 0.126 e. The molecule has 2 rings (SSSR count). The highest BCUT2D eigenvalue weighted by Crippen LogP contribution is 2.19. The van der Waals surface area contributed by atoms with Gasteiger partial charge in [0, 0.05) is 29.7 Å². The van der Waals surface area contributed by atoms with Gasteiger partial charge < -0.3 is 11.5 Å². The first kappa shape index (κ1) is 8.50. The van der Waals surface area contributed by atoms with Crippen molar-refractivity contribution in [3.63, 3.8) is 0 Å². The molecular weight excluding hydrogens is 176 g/mol. The number of aromatic nitrogens is 2. The molecule has 0 unspecified atom stereocenters. The second-order valence-corrected chi connectivity index (χ2v) is 2.95. The lowest BCUT2D eigenvalue weighted by molar-refractivity contribution is 1.29. The van der Waals surface area contributed by atoms with Crippen molar-refractivity contribution in [2.75, 3.05) is 11.5 Å². The Morgan fingerprint density at radius 2 is 1.71 bits per heavy atom. The Morgan fingerprint density at radius 3 is 2.36 bits per heavy atom. The van der Waals surface area contributed by atoms with E-state index >= 15 is 0 Å². The Balaban J connectivity index is 2.52. The molecular formula is C10H10N4. The Bertz CT molecular complexity index is 419. The van der Waals surface area contributed by atoms with E-state index in [0.717, 1.165) is 11.3 Å². The minimum absolute atomic E-state index is 0.428. The molecule has 4 N–H and O–H groups in total. The van der Waals surface area contributed by atoms with Crippen LogP contribution in [0.5, 0.6) is 0 Å². The van der Waals surface area contributed by atoms with Gasteiger partial charge in [0.1, 0.15) is 5.82 Å². The topological polar surface area (TPSA) is 77.8 Å². The second kappa shape index (κ2) is 3.33. The fourth-order valence-electron chi connectivity index (χ4n) is 1.24. The molecule has 0 saturated heterocycles. The molecule has 0 radical (unpaired) electrons. The van der Waals surface area contributed by atoms with Crippen molar-refractivity contribution in [1.82, 2.24) is 9.97 Å². The number of rotatable bonds is 1. The summed E-state index contributed by atoms with van der Waals surface area (Å²) in [6.45, 7) is 0. The summed E-state index contributed by atoms with van der Waals surface area (Å²) >= 11 is 0. The maximum atomic E-state index is 5.66. The van der Waals surface area contributed by atoms with E-state index < -0.39 is 0 Å². The number of nitrogens with zero attached hydrogens (tertiary/aromatic N) is 2. The molecule has 0 fully saturated rings. The number of pyridine rings is 2. The Kier molecular flexibility index (Phi) is 2.02. The highest BCUT2D eigenvalue weighted by atomic mass is 14.8. The summed E-state index contributed by atoms with van der Waals surface area (Å²) in [6.07, 6.45) is 3.41. The van der Waals surface area contributed by atoms with Crippen LogP contribution in [-0.2, 0) is 0 Å². The summed E-state index contributed by atoms with van der Waals surface area (Å²) in [5, 5.41) is 0. The van der Waals surface area contributed by atoms with Crippen LogP contribution in [0.2, 0.25) is 0 Å². The zero-order valence-corrected chi connectivity index (χ0v) is 7.51. The SMILES string of the molecule is Nc1cc(N)nc(-c2ccncc2)c1. The van der Waals surface area contributed by atoms with Crippen LogP contribution in [0.15, 0.2) is 36.7 Å². The van der Waals surface area contributed by atoms with Crippen LogP contribution in [0.3, 0.4) is 0 Å². The summed E-state index contributed by atoms with van der Waals surface area (Å²) in [6, 6.07) is 7.14. The third kappa shape index (κ3) is 1.64. The van der Waals surface area contributed by atoms with Crippen molar-refractivity contribution in [3.8, 4) is 11.3 Å². The molecule has 2 heterocycles. The molecule has 4 heteroatoms. The number of nitrogens with two attached hydrogens (primary N) is 2. The van der Waals surface area contributed by atoms with Crippen LogP contribution in [0.1, 0.15) is 0 Å². The Labute approximate surface area is 81.6 Å². The fourth-order valence-corrected chi connectivity index (χ4v) is 1.24. The predicted octanol–water partition coefficient (Wildman–Crippen LogP) is 1.31. The van der Waals surface area contributed by atoms with E-state index in [0.29, 0.717) is 11.5 Å². The van der Waals surface area contributed by atoms with Gasteiger partial charge in [0.2, 0.25) is 0 Å². The van der Waals surface area contributed by atoms with Crippen molar-refractivity contribution in [2.45, 2.75) is 0 Å². The van der Waals surface area contributed by atoms with Gasteiger partial charge in [0.15, 0.2) is 0 Å². The molecule has 0 saturated carbocycles. The van der Waals surface area contributed by atoms with Crippen molar-refractivity contribution in [2.24, 2.45) is 0 Å². The molecule has 0 aliphatic rings. The van der Waals surface area contributed by atoms with Gasteiger partial charge in [0.25, 0.3) is 0 Å². The normalized spacial score (nSPS) is 10.0. The maximum Gasteiger partial charge on any atom is 0.126 e. The van der Waals surface area contributed by atoms with Crippen molar-refractivity contribution in [3.05, 3.63) is 36.7 Å². The number of hydrogen-bond acceptors (Lipinski definition) is 4. The van der Waals surface area contributed by atoms with Gasteiger partial charge in [-0.1, -0.05) is 0 Å². The summed E-state index contributed by atoms with van der Waals surface area (Å²) in [5.41, 5.74) is 13.6. The standard InChI is InChI=1S/C10H10N4/c11-8-5-9(14-10(12)6-8)7-1-3-13-4-2-7/h1-6H,(H4,11,12,14). The van der Waals surface area contributed by atoms with Crippen LogP contribution >= 0.6 is 0 Å². The minimum Gasteiger partial charge on any atom is -0.399 e. The lowest BCUT2D eigenvalue weighted by Crippen LogP contribution is -1.95. The second-order valence-electron chi connectivity index (χ2n) is 2.95. The quantitative estimate of drug-likeness (QED) is 0.703. The van der Waals surface area contributed by atoms with E-state index in [-0.39, 0.29) is 0 Å². The van der Waals surface area contributed by atoms with Gasteiger partial charge in [-0.2, -0.15) is 0 Å². The minimum atomic E-state index is 0.428. The van der Waals surface area contributed by atoms with Crippen molar-refractivity contribution >= 4 is 11.5 Å². The lowest BCUT2D eigenvalue weighted by atomic mass is 10.1. The van der Waals surface area contributed by atoms with E-state index in [1.165, 1.54) is 0 Å². The predicted molar refractivity (Wildman–Crippen MR) is 56.3 cm³/mol. The zero-order chi connectivity index (χ0) is 9.97. The van der Waals surface area contributed by atoms with Gasteiger partial charge in [0.05, 0.1) is 5.69 Å². The van der Waals surface area contributed by atoms with E-state index in [1.807, 2.05) is 12.1 Å². The van der Waals surface area contributed by atoms with Crippen molar-refractivity contribution < 1.29 is 0 Å². The van der Waals surface area contributed by atoms with Gasteiger partial charge in [-0.05, 0) is 18.2 Å². The lowest BCUT2D eigenvalue weighted by Gasteiger charge is -2.02. The Morgan fingerprint density at radius 1 is 1.00 bits per heavy atom. The monoisotopic (exact) mass is 186 g/mol. The molecule has 0 bridgehead atoms. The first-order valence-electron chi connectivity index (χ1n) is 4.19. The molecule has 2 aromatic rings. The van der Waals surface area contributed by atoms with E-state index in [4.69, 9.17) is 11.5 Å². The molecule has 0 amide bonds. The molecule has 4 nitrogen and oxygen atoms in total. The highest BCUT2D eigenvalue weighted by Gasteiger charge is 2.00. The molecule has 2 aromatic heterocycles. The maximum absolute atomic E-state index is 5.66. The number of hydrogen-bond donors (Lipinski definition) is 2. The van der Waals surface area contributed by atoms with E-state index in [9.17, 15) is 0 Å². The average Bonchev–Trinajstić information content (AvgIpc) is 2.18. The molecule has 0 aliphatic carbocycles. The number of anilines is 2. The van der Waals surface area contributed by atoms with E-state index in [2.05, 4.69) is 9.97 Å². The first-order chi connectivity index (χ1) is 6.75. The molecule has 0 aromatic carbocycles. The van der Waals surface area contributed by atoms with Gasteiger partial charge in [-0.3, -0.25) is 4.98 Å². The fraction of sp³-hybridized carbons (Fsp3) is 0. The summed E-state index contributed by atoms with van der Waals surface area (Å²) in [5.74, 6) is 0.428. The average molecular weight is 186 g/mol. The first-order valence-corrected chi connectivity index (χ1v) is 4.19.